The number of rotatable bonds is 2. The summed E-state index contributed by atoms with van der Waals surface area (Å²) in [5.41, 5.74) is 5.43. The van der Waals surface area contributed by atoms with Crippen LogP contribution in [0.15, 0.2) is 23.1 Å². The van der Waals surface area contributed by atoms with Gasteiger partial charge in [0.2, 0.25) is 5.91 Å². The molecule has 0 spiro atoms. The van der Waals surface area contributed by atoms with Gasteiger partial charge < -0.3 is 15.2 Å². The van der Waals surface area contributed by atoms with Gasteiger partial charge in [-0.05, 0) is 18.9 Å². The summed E-state index contributed by atoms with van der Waals surface area (Å²) in [5.74, 6) is -0.617. The number of amides is 2. The molecule has 19 heavy (non-hydrogen) atoms. The van der Waals surface area contributed by atoms with E-state index in [-0.39, 0.29) is 23.3 Å². The number of aromatic nitrogens is 1. The molecule has 1 aliphatic heterocycles. The number of aryl methyl sites for hydroxylation is 1. The zero-order chi connectivity index (χ0) is 14.0. The van der Waals surface area contributed by atoms with Gasteiger partial charge in [-0.2, -0.15) is 0 Å². The molecule has 0 aromatic carbocycles. The molecule has 6 nitrogen and oxygen atoms in total. The fraction of sp³-hybridized carbons (Fsp3) is 0.462. The molecule has 1 fully saturated rings. The van der Waals surface area contributed by atoms with Crippen molar-refractivity contribution in [1.82, 2.24) is 9.47 Å². The summed E-state index contributed by atoms with van der Waals surface area (Å²) in [4.78, 5) is 36.4. The van der Waals surface area contributed by atoms with E-state index in [1.54, 1.807) is 24.2 Å². The highest BCUT2D eigenvalue weighted by Gasteiger charge is 2.26. The molecule has 0 bridgehead atoms. The van der Waals surface area contributed by atoms with Crippen LogP contribution in [0.25, 0.3) is 0 Å². The molecular formula is C13H17N3O3. The summed E-state index contributed by atoms with van der Waals surface area (Å²) in [6.45, 7) is 1.00. The Bertz CT molecular complexity index is 556. The van der Waals surface area contributed by atoms with Crippen LogP contribution >= 0.6 is 0 Å². The number of likely N-dealkylation sites (tertiary alicyclic amines) is 1. The number of hydrogen-bond acceptors (Lipinski definition) is 3. The quantitative estimate of drug-likeness (QED) is 0.796. The van der Waals surface area contributed by atoms with Gasteiger partial charge in [0.25, 0.3) is 11.5 Å². The number of pyridine rings is 1. The highest BCUT2D eigenvalue weighted by atomic mass is 16.2. The Morgan fingerprint density at radius 3 is 2.47 bits per heavy atom. The van der Waals surface area contributed by atoms with Crippen LogP contribution in [0.3, 0.4) is 0 Å². The summed E-state index contributed by atoms with van der Waals surface area (Å²) in [7, 11) is 1.63. The van der Waals surface area contributed by atoms with Crippen molar-refractivity contribution in [3.8, 4) is 0 Å². The molecular weight excluding hydrogens is 246 g/mol. The van der Waals surface area contributed by atoms with Crippen LogP contribution in [-0.4, -0.2) is 34.4 Å². The van der Waals surface area contributed by atoms with Gasteiger partial charge in [-0.15, -0.1) is 0 Å². The average Bonchev–Trinajstić information content (AvgIpc) is 2.41. The topological polar surface area (TPSA) is 85.4 Å². The number of primary amides is 1. The Balaban J connectivity index is 2.07. The summed E-state index contributed by atoms with van der Waals surface area (Å²) < 4.78 is 1.41. The number of carbonyl (C=O) groups is 2. The zero-order valence-corrected chi connectivity index (χ0v) is 10.8. The minimum Gasteiger partial charge on any atom is -0.369 e. The van der Waals surface area contributed by atoms with Gasteiger partial charge in [0.15, 0.2) is 0 Å². The van der Waals surface area contributed by atoms with Gasteiger partial charge in [-0.3, -0.25) is 14.4 Å². The second kappa shape index (κ2) is 5.26. The van der Waals surface area contributed by atoms with Gasteiger partial charge in [0.05, 0.1) is 0 Å². The van der Waals surface area contributed by atoms with Crippen molar-refractivity contribution in [2.75, 3.05) is 13.1 Å². The van der Waals surface area contributed by atoms with Crippen molar-refractivity contribution < 1.29 is 9.59 Å². The number of nitrogens with zero attached hydrogens (tertiary/aromatic N) is 2. The van der Waals surface area contributed by atoms with Crippen LogP contribution in [0.4, 0.5) is 0 Å². The Hall–Kier alpha value is -2.11. The first kappa shape index (κ1) is 13.3. The number of piperidine rings is 1. The second-order valence-electron chi connectivity index (χ2n) is 4.83. The van der Waals surface area contributed by atoms with Crippen molar-refractivity contribution in [2.24, 2.45) is 18.7 Å². The van der Waals surface area contributed by atoms with E-state index >= 15 is 0 Å². The molecule has 0 unspecified atom stereocenters. The minimum atomic E-state index is -0.305. The molecule has 0 radical (unpaired) electrons. The lowest BCUT2D eigenvalue weighted by Gasteiger charge is -2.30. The van der Waals surface area contributed by atoms with E-state index in [4.69, 9.17) is 5.73 Å². The lowest BCUT2D eigenvalue weighted by atomic mass is 9.96. The second-order valence-corrected chi connectivity index (χ2v) is 4.83. The molecule has 2 heterocycles. The molecule has 0 aliphatic carbocycles. The molecule has 6 heteroatoms. The predicted octanol–water partition coefficient (Wildman–Crippen LogP) is -0.277. The zero-order valence-electron chi connectivity index (χ0n) is 10.8. The summed E-state index contributed by atoms with van der Waals surface area (Å²) >= 11 is 0. The number of carbonyl (C=O) groups excluding carboxylic acids is 2. The molecule has 1 saturated heterocycles. The van der Waals surface area contributed by atoms with Crippen molar-refractivity contribution >= 4 is 11.8 Å². The van der Waals surface area contributed by atoms with E-state index in [2.05, 4.69) is 0 Å². The van der Waals surface area contributed by atoms with Crippen molar-refractivity contribution in [3.63, 3.8) is 0 Å². The SMILES string of the molecule is Cn1ccc(C(=O)N2CCC(C(N)=O)CC2)cc1=O. The van der Waals surface area contributed by atoms with Crippen LogP contribution < -0.4 is 11.3 Å². The van der Waals surface area contributed by atoms with Crippen molar-refractivity contribution in [2.45, 2.75) is 12.8 Å². The maximum atomic E-state index is 12.2. The minimum absolute atomic E-state index is 0.146. The highest BCUT2D eigenvalue weighted by Crippen LogP contribution is 2.18. The standard InChI is InChI=1S/C13H17N3O3/c1-15-5-2-10(8-11(15)17)13(19)16-6-3-9(4-7-16)12(14)18/h2,5,8-9H,3-4,6-7H2,1H3,(H2,14,18). The van der Waals surface area contributed by atoms with E-state index in [1.807, 2.05) is 0 Å². The molecule has 2 N–H and O–H groups in total. The smallest absolute Gasteiger partial charge is 0.254 e. The van der Waals surface area contributed by atoms with Crippen molar-refractivity contribution in [1.29, 1.82) is 0 Å². The summed E-state index contributed by atoms with van der Waals surface area (Å²) in [6.07, 6.45) is 2.75. The average molecular weight is 263 g/mol. The number of nitrogens with two attached hydrogens (primary N) is 1. The Morgan fingerprint density at radius 1 is 1.32 bits per heavy atom. The largest absolute Gasteiger partial charge is 0.369 e. The van der Waals surface area contributed by atoms with E-state index < -0.39 is 0 Å². The summed E-state index contributed by atoms with van der Waals surface area (Å²) in [5, 5.41) is 0. The maximum absolute atomic E-state index is 12.2. The third kappa shape index (κ3) is 2.83. The molecule has 0 atom stereocenters. The van der Waals surface area contributed by atoms with E-state index in [9.17, 15) is 14.4 Å². The van der Waals surface area contributed by atoms with E-state index in [0.29, 0.717) is 31.5 Å². The maximum Gasteiger partial charge on any atom is 0.254 e. The highest BCUT2D eigenvalue weighted by molar-refractivity contribution is 5.94. The first-order valence-corrected chi connectivity index (χ1v) is 6.24. The number of hydrogen-bond donors (Lipinski definition) is 1. The normalized spacial score (nSPS) is 16.4. The van der Waals surface area contributed by atoms with Gasteiger partial charge in [0.1, 0.15) is 0 Å². The fourth-order valence-corrected chi connectivity index (χ4v) is 2.23. The molecule has 1 aromatic heterocycles. The Kier molecular flexibility index (Phi) is 3.69. The third-order valence-corrected chi connectivity index (χ3v) is 3.54. The van der Waals surface area contributed by atoms with E-state index in [1.165, 1.54) is 10.6 Å². The van der Waals surface area contributed by atoms with Crippen molar-refractivity contribution in [3.05, 3.63) is 34.2 Å². The molecule has 0 saturated carbocycles. The van der Waals surface area contributed by atoms with Crippen LogP contribution in [0.2, 0.25) is 0 Å². The van der Waals surface area contributed by atoms with E-state index in [0.717, 1.165) is 0 Å². The molecule has 1 aromatic rings. The fourth-order valence-electron chi connectivity index (χ4n) is 2.23. The summed E-state index contributed by atoms with van der Waals surface area (Å²) in [6, 6.07) is 2.96. The van der Waals surface area contributed by atoms with Crippen LogP contribution in [0.1, 0.15) is 23.2 Å². The Morgan fingerprint density at radius 2 is 1.95 bits per heavy atom. The molecule has 2 rings (SSSR count). The van der Waals surface area contributed by atoms with Crippen LogP contribution in [-0.2, 0) is 11.8 Å². The lowest BCUT2D eigenvalue weighted by Crippen LogP contribution is -2.42. The van der Waals surface area contributed by atoms with Crippen LogP contribution in [0, 0.1) is 5.92 Å². The van der Waals surface area contributed by atoms with Gasteiger partial charge in [-0.25, -0.2) is 0 Å². The third-order valence-electron chi connectivity index (χ3n) is 3.54. The van der Waals surface area contributed by atoms with Gasteiger partial charge >= 0.3 is 0 Å². The molecule has 2 amide bonds. The molecule has 1 aliphatic rings. The Labute approximate surface area is 110 Å². The first-order valence-electron chi connectivity index (χ1n) is 6.24. The first-order chi connectivity index (χ1) is 8.99. The van der Waals surface area contributed by atoms with Gasteiger partial charge in [0, 0.05) is 43.9 Å². The molecule has 102 valence electrons. The van der Waals surface area contributed by atoms with Crippen LogP contribution in [0.5, 0.6) is 0 Å². The predicted molar refractivity (Wildman–Crippen MR) is 69.5 cm³/mol. The lowest BCUT2D eigenvalue weighted by molar-refractivity contribution is -0.123. The van der Waals surface area contributed by atoms with Gasteiger partial charge in [-0.1, -0.05) is 0 Å². The monoisotopic (exact) mass is 263 g/mol.